The number of hydrogen-bond acceptors (Lipinski definition) is 1. The summed E-state index contributed by atoms with van der Waals surface area (Å²) in [6, 6.07) is 8.47. The van der Waals surface area contributed by atoms with Crippen molar-refractivity contribution in [2.75, 3.05) is 41.3 Å². The summed E-state index contributed by atoms with van der Waals surface area (Å²) in [7, 11) is 8.33. The van der Waals surface area contributed by atoms with Crippen LogP contribution in [0.5, 0.6) is 0 Å². The minimum absolute atomic E-state index is 0.194. The molecule has 1 rings (SSSR count). The molecule has 1 aromatic carbocycles. The lowest BCUT2D eigenvalue weighted by Gasteiger charge is -2.27. The Balaban J connectivity index is 2.50. The second kappa shape index (κ2) is 7.60. The lowest BCUT2D eigenvalue weighted by atomic mass is 10.0. The summed E-state index contributed by atoms with van der Waals surface area (Å²) in [5, 5.41) is 0. The van der Waals surface area contributed by atoms with E-state index in [9.17, 15) is 4.79 Å². The quantitative estimate of drug-likeness (QED) is 0.707. The van der Waals surface area contributed by atoms with Gasteiger partial charge in [-0.1, -0.05) is 38.1 Å². The minimum Gasteiger partial charge on any atom is -0.340 e. The first-order valence-electron chi connectivity index (χ1n) is 7.79. The van der Waals surface area contributed by atoms with Crippen LogP contribution in [0.25, 0.3) is 0 Å². The Labute approximate surface area is 130 Å². The fourth-order valence-corrected chi connectivity index (χ4v) is 2.15. The third-order valence-electron chi connectivity index (χ3n) is 3.55. The number of nitrogens with zero attached hydrogens (tertiary/aromatic N) is 2. The smallest absolute Gasteiger partial charge is 0.226 e. The SMILES string of the molecule is CC(C)Cc1ccc(CC(=O)N(C)CC[N+](C)(C)C)cc1. The molecule has 0 N–H and O–H groups in total. The molecule has 0 radical (unpaired) electrons. The van der Waals surface area contributed by atoms with Crippen molar-refractivity contribution in [2.24, 2.45) is 5.92 Å². The predicted octanol–water partition coefficient (Wildman–Crippen LogP) is 2.59. The van der Waals surface area contributed by atoms with E-state index in [4.69, 9.17) is 0 Å². The molecule has 0 aromatic heterocycles. The van der Waals surface area contributed by atoms with Crippen LogP contribution in [0.1, 0.15) is 25.0 Å². The summed E-state index contributed by atoms with van der Waals surface area (Å²) in [6.45, 7) is 6.21. The van der Waals surface area contributed by atoms with Crippen molar-refractivity contribution in [3.63, 3.8) is 0 Å². The Hall–Kier alpha value is -1.35. The maximum atomic E-state index is 12.2. The molecule has 0 aliphatic carbocycles. The summed E-state index contributed by atoms with van der Waals surface area (Å²) in [4.78, 5) is 14.0. The van der Waals surface area contributed by atoms with E-state index in [1.165, 1.54) is 5.56 Å². The number of amides is 1. The molecule has 0 bridgehead atoms. The molecule has 3 nitrogen and oxygen atoms in total. The van der Waals surface area contributed by atoms with Crippen molar-refractivity contribution >= 4 is 5.91 Å². The van der Waals surface area contributed by atoms with Crippen LogP contribution in [0.15, 0.2) is 24.3 Å². The standard InChI is InChI=1S/C18H31N2O/c1-15(2)13-16-7-9-17(10-8-16)14-18(21)19(3)11-12-20(4,5)6/h7-10,15H,11-14H2,1-6H3/q+1. The number of benzene rings is 1. The van der Waals surface area contributed by atoms with Gasteiger partial charge in [-0.2, -0.15) is 0 Å². The topological polar surface area (TPSA) is 20.3 Å². The van der Waals surface area contributed by atoms with Gasteiger partial charge in [-0.05, 0) is 23.5 Å². The average molecular weight is 291 g/mol. The Kier molecular flexibility index (Phi) is 6.41. The highest BCUT2D eigenvalue weighted by Gasteiger charge is 2.14. The van der Waals surface area contributed by atoms with E-state index < -0.39 is 0 Å². The molecule has 0 saturated heterocycles. The summed E-state index contributed by atoms with van der Waals surface area (Å²) in [6.07, 6.45) is 1.59. The largest absolute Gasteiger partial charge is 0.340 e. The highest BCUT2D eigenvalue weighted by atomic mass is 16.2. The Morgan fingerprint density at radius 2 is 1.62 bits per heavy atom. The van der Waals surface area contributed by atoms with Crippen molar-refractivity contribution in [1.82, 2.24) is 4.90 Å². The summed E-state index contributed by atoms with van der Waals surface area (Å²) in [5.74, 6) is 0.860. The van der Waals surface area contributed by atoms with Gasteiger partial charge in [0.15, 0.2) is 0 Å². The Morgan fingerprint density at radius 1 is 1.10 bits per heavy atom. The van der Waals surface area contributed by atoms with E-state index in [1.807, 2.05) is 11.9 Å². The van der Waals surface area contributed by atoms with E-state index >= 15 is 0 Å². The van der Waals surface area contributed by atoms with Gasteiger partial charge >= 0.3 is 0 Å². The van der Waals surface area contributed by atoms with Crippen LogP contribution in [0.4, 0.5) is 0 Å². The van der Waals surface area contributed by atoms with Crippen LogP contribution in [-0.2, 0) is 17.6 Å². The number of hydrogen-bond donors (Lipinski definition) is 0. The molecular weight excluding hydrogens is 260 g/mol. The molecule has 0 atom stereocenters. The van der Waals surface area contributed by atoms with E-state index in [2.05, 4.69) is 59.3 Å². The van der Waals surface area contributed by atoms with Gasteiger partial charge in [0.25, 0.3) is 0 Å². The third-order valence-corrected chi connectivity index (χ3v) is 3.55. The molecule has 0 unspecified atom stereocenters. The molecule has 0 fully saturated rings. The zero-order valence-electron chi connectivity index (χ0n) is 14.5. The van der Waals surface area contributed by atoms with Crippen LogP contribution in [0.2, 0.25) is 0 Å². The van der Waals surface area contributed by atoms with E-state index in [0.29, 0.717) is 12.3 Å². The maximum absolute atomic E-state index is 12.2. The molecule has 118 valence electrons. The highest BCUT2D eigenvalue weighted by molar-refractivity contribution is 5.78. The van der Waals surface area contributed by atoms with Crippen LogP contribution in [0.3, 0.4) is 0 Å². The van der Waals surface area contributed by atoms with Crippen LogP contribution >= 0.6 is 0 Å². The molecule has 1 aromatic rings. The zero-order chi connectivity index (χ0) is 16.0. The van der Waals surface area contributed by atoms with Crippen molar-refractivity contribution < 1.29 is 9.28 Å². The first kappa shape index (κ1) is 17.7. The van der Waals surface area contributed by atoms with Crippen LogP contribution in [0, 0.1) is 5.92 Å². The van der Waals surface area contributed by atoms with Crippen molar-refractivity contribution in [3.05, 3.63) is 35.4 Å². The van der Waals surface area contributed by atoms with Crippen molar-refractivity contribution in [2.45, 2.75) is 26.7 Å². The molecule has 0 aliphatic rings. The fraction of sp³-hybridized carbons (Fsp3) is 0.611. The van der Waals surface area contributed by atoms with Gasteiger partial charge < -0.3 is 9.38 Å². The van der Waals surface area contributed by atoms with Crippen LogP contribution in [-0.4, -0.2) is 56.6 Å². The van der Waals surface area contributed by atoms with Gasteiger partial charge in [-0.3, -0.25) is 4.79 Å². The molecule has 21 heavy (non-hydrogen) atoms. The first-order valence-corrected chi connectivity index (χ1v) is 7.79. The van der Waals surface area contributed by atoms with Gasteiger partial charge in [-0.25, -0.2) is 0 Å². The van der Waals surface area contributed by atoms with E-state index in [-0.39, 0.29) is 5.91 Å². The number of carbonyl (C=O) groups is 1. The van der Waals surface area contributed by atoms with Gasteiger partial charge in [0.2, 0.25) is 5.91 Å². The normalized spacial score (nSPS) is 11.8. The van der Waals surface area contributed by atoms with Gasteiger partial charge in [0.05, 0.1) is 40.7 Å². The van der Waals surface area contributed by atoms with Gasteiger partial charge in [0, 0.05) is 7.05 Å². The number of quaternary nitrogens is 1. The number of carbonyl (C=O) groups excluding carboxylic acids is 1. The van der Waals surface area contributed by atoms with Gasteiger partial charge in [0.1, 0.15) is 0 Å². The molecule has 0 spiro atoms. The number of likely N-dealkylation sites (N-methyl/N-ethyl adjacent to an activating group) is 2. The third kappa shape index (κ3) is 7.28. The fourth-order valence-electron chi connectivity index (χ4n) is 2.15. The Morgan fingerprint density at radius 3 is 2.10 bits per heavy atom. The molecular formula is C18H31N2O+. The van der Waals surface area contributed by atoms with Crippen molar-refractivity contribution in [1.29, 1.82) is 0 Å². The summed E-state index contributed by atoms with van der Waals surface area (Å²) in [5.41, 5.74) is 2.45. The molecule has 3 heteroatoms. The Bertz CT molecular complexity index is 443. The zero-order valence-corrected chi connectivity index (χ0v) is 14.5. The molecule has 0 aliphatic heterocycles. The first-order chi connectivity index (χ1) is 9.67. The van der Waals surface area contributed by atoms with Crippen LogP contribution < -0.4 is 0 Å². The summed E-state index contributed by atoms with van der Waals surface area (Å²) < 4.78 is 0.877. The maximum Gasteiger partial charge on any atom is 0.226 e. The molecule has 1 amide bonds. The minimum atomic E-state index is 0.194. The predicted molar refractivity (Wildman–Crippen MR) is 89.2 cm³/mol. The van der Waals surface area contributed by atoms with Crippen molar-refractivity contribution in [3.8, 4) is 0 Å². The summed E-state index contributed by atoms with van der Waals surface area (Å²) >= 11 is 0. The second-order valence-electron chi connectivity index (χ2n) is 7.42. The molecule has 0 heterocycles. The van der Waals surface area contributed by atoms with E-state index in [0.717, 1.165) is 29.6 Å². The lowest BCUT2D eigenvalue weighted by Crippen LogP contribution is -2.42. The average Bonchev–Trinajstić information content (AvgIpc) is 2.36. The highest BCUT2D eigenvalue weighted by Crippen LogP contribution is 2.11. The monoisotopic (exact) mass is 291 g/mol. The van der Waals surface area contributed by atoms with E-state index in [1.54, 1.807) is 0 Å². The lowest BCUT2D eigenvalue weighted by molar-refractivity contribution is -0.869. The number of rotatable bonds is 7. The molecule has 0 saturated carbocycles. The second-order valence-corrected chi connectivity index (χ2v) is 7.42. The van der Waals surface area contributed by atoms with Gasteiger partial charge in [-0.15, -0.1) is 0 Å².